The van der Waals surface area contributed by atoms with Crippen LogP contribution in [-0.4, -0.2) is 339 Å². The Hall–Kier alpha value is -1.32. The van der Waals surface area contributed by atoms with E-state index in [2.05, 4.69) is 0 Å². The van der Waals surface area contributed by atoms with Gasteiger partial charge in [0, 0.05) is 0 Å². The molecule has 7 rings (SSSR count). The van der Waals surface area contributed by atoms with Gasteiger partial charge in [-0.1, -0.05) is 13.8 Å². The molecule has 33 nitrogen and oxygen atoms in total. The van der Waals surface area contributed by atoms with Gasteiger partial charge in [0.25, 0.3) is 0 Å². The van der Waals surface area contributed by atoms with Crippen LogP contribution in [0.15, 0.2) is 0 Å². The van der Waals surface area contributed by atoms with Crippen LogP contribution in [0.3, 0.4) is 0 Å². The summed E-state index contributed by atoms with van der Waals surface area (Å²) in [6.07, 6.45) is -60.2. The Bertz CT molecular complexity index is 1770. The Labute approximate surface area is 438 Å². The van der Waals surface area contributed by atoms with Crippen molar-refractivity contribution in [2.45, 2.75) is 242 Å². The fraction of sp³-hybridized carbons (Fsp3) is 1.00. The van der Waals surface area contributed by atoms with Crippen LogP contribution in [0.5, 0.6) is 0 Å². The standard InChI is InChI=1S/C44H75O33/c1-3-11-21(51)24(54)29(59)41(67-11)74-36-17(9-48)73-43(33(63)28(36)58)77-38-23(53)12(4-2)68-44(34(38)64)76-37-16(8-47)72-40(32(62)27(37)57)69-13-5-19(49)66-18(20(13)50)10-65-39-31(61)26(56)35(15(7-46)71-39)75-42-30(60)25(55)22(52)14(6-45)70-42/h11-48,50-64H,3-10H2,1-2H3/q-1/t11?,12-,13+,14-,15-,16-,17-,18+,19-,20-,21-,22-,23-,24+,25+,26-,27-,28-,29-,30-,31-,32-,33-,34-,35-,36?,37?,38?,39?,40+,41+,42?,43-,44-/m1/s1. The Balaban J connectivity index is 0.949. The predicted octanol–water partition coefficient (Wildman–Crippen LogP) is -13.0. The molecule has 7 heterocycles. The summed E-state index contributed by atoms with van der Waals surface area (Å²) in [6, 6.07) is 0. The smallest absolute Gasteiger partial charge is 0.187 e. The highest BCUT2D eigenvalue weighted by Crippen LogP contribution is 2.37. The number of hydrogen-bond donors (Lipinski definition) is 19. The fourth-order valence-electron chi connectivity index (χ4n) is 10.2. The summed E-state index contributed by atoms with van der Waals surface area (Å²) < 4.78 is 73.2. The molecule has 34 atom stereocenters. The number of rotatable bonds is 19. The van der Waals surface area contributed by atoms with Gasteiger partial charge in [-0.15, -0.1) is 0 Å². The third-order valence-electron chi connectivity index (χ3n) is 14.8. The zero-order valence-corrected chi connectivity index (χ0v) is 41.5. The number of aliphatic hydroxyl groups is 19. The predicted molar refractivity (Wildman–Crippen MR) is 235 cm³/mol. The summed E-state index contributed by atoms with van der Waals surface area (Å²) >= 11 is 0. The van der Waals surface area contributed by atoms with E-state index in [1.54, 1.807) is 13.8 Å². The van der Waals surface area contributed by atoms with Crippen molar-refractivity contribution in [2.75, 3.05) is 33.0 Å². The van der Waals surface area contributed by atoms with Gasteiger partial charge in [-0.25, -0.2) is 0 Å². The van der Waals surface area contributed by atoms with Crippen molar-refractivity contribution in [3.8, 4) is 0 Å². The number of ether oxygens (including phenoxy) is 13. The quantitative estimate of drug-likeness (QED) is 0.0571. The molecule has 450 valence electrons. The topological polar surface area (TPSA) is 527 Å². The zero-order valence-electron chi connectivity index (χ0n) is 41.5. The molecule has 19 N–H and O–H groups in total. The molecule has 0 spiro atoms. The second kappa shape index (κ2) is 27.4. The van der Waals surface area contributed by atoms with E-state index in [0.717, 1.165) is 0 Å². The molecule has 0 aromatic rings. The summed E-state index contributed by atoms with van der Waals surface area (Å²) in [5.74, 6) is 0. The molecular weight excluding hydrogens is 1060 g/mol. The summed E-state index contributed by atoms with van der Waals surface area (Å²) in [5.41, 5.74) is 0. The van der Waals surface area contributed by atoms with Crippen LogP contribution in [0.2, 0.25) is 0 Å². The van der Waals surface area contributed by atoms with E-state index in [1.807, 2.05) is 0 Å². The van der Waals surface area contributed by atoms with E-state index in [0.29, 0.717) is 0 Å². The molecule has 0 aromatic carbocycles. The van der Waals surface area contributed by atoms with Gasteiger partial charge in [0.2, 0.25) is 0 Å². The summed E-state index contributed by atoms with van der Waals surface area (Å²) in [7, 11) is 0. The highest BCUT2D eigenvalue weighted by atomic mass is 16.8. The third kappa shape index (κ3) is 13.4. The molecule has 0 amide bonds. The van der Waals surface area contributed by atoms with Crippen LogP contribution >= 0.6 is 0 Å². The lowest BCUT2D eigenvalue weighted by Gasteiger charge is -2.49. The van der Waals surface area contributed by atoms with Gasteiger partial charge in [0.05, 0.1) is 51.3 Å². The van der Waals surface area contributed by atoms with Crippen molar-refractivity contribution >= 4 is 0 Å². The zero-order chi connectivity index (χ0) is 56.5. The van der Waals surface area contributed by atoms with Crippen LogP contribution < -0.4 is 5.11 Å². The summed E-state index contributed by atoms with van der Waals surface area (Å²) in [5, 5.41) is 216. The van der Waals surface area contributed by atoms with Gasteiger partial charge in [-0.05, 0) is 25.6 Å². The van der Waals surface area contributed by atoms with Crippen molar-refractivity contribution in [1.29, 1.82) is 0 Å². The molecule has 7 saturated heterocycles. The second-order valence-electron chi connectivity index (χ2n) is 19.9. The lowest BCUT2D eigenvalue weighted by molar-refractivity contribution is -0.517. The van der Waals surface area contributed by atoms with Crippen LogP contribution in [0.25, 0.3) is 0 Å². The Morgan fingerprint density at radius 3 is 1.10 bits per heavy atom. The van der Waals surface area contributed by atoms with E-state index in [1.165, 1.54) is 0 Å². The van der Waals surface area contributed by atoms with Gasteiger partial charge in [0.1, 0.15) is 146 Å². The van der Waals surface area contributed by atoms with Gasteiger partial charge in [0.15, 0.2) is 37.7 Å². The first-order valence-electron chi connectivity index (χ1n) is 25.3. The molecule has 0 bridgehead atoms. The van der Waals surface area contributed by atoms with Gasteiger partial charge in [-0.2, -0.15) is 0 Å². The molecule has 0 saturated carbocycles. The monoisotopic (exact) mass is 1130 g/mol. The summed E-state index contributed by atoms with van der Waals surface area (Å²) in [4.78, 5) is 0. The van der Waals surface area contributed by atoms with Gasteiger partial charge in [-0.3, -0.25) is 0 Å². The minimum absolute atomic E-state index is 0.0116. The normalized spacial score (nSPS) is 53.1. The Morgan fingerprint density at radius 2 is 0.662 bits per heavy atom. The number of hydrogen-bond acceptors (Lipinski definition) is 33. The van der Waals surface area contributed by atoms with Gasteiger partial charge >= 0.3 is 0 Å². The molecule has 0 radical (unpaired) electrons. The highest BCUT2D eigenvalue weighted by molar-refractivity contribution is 4.99. The minimum atomic E-state index is -2.10. The first-order valence-corrected chi connectivity index (χ1v) is 25.3. The van der Waals surface area contributed by atoms with E-state index in [4.69, 9.17) is 61.6 Å². The molecule has 6 unspecified atom stereocenters. The van der Waals surface area contributed by atoms with E-state index >= 15 is 0 Å². The van der Waals surface area contributed by atoms with Crippen molar-refractivity contribution in [2.24, 2.45) is 0 Å². The molecule has 7 aliphatic heterocycles. The maximum atomic E-state index is 12.9. The lowest BCUT2D eigenvalue weighted by atomic mass is 9.94. The molecule has 0 aliphatic carbocycles. The minimum Gasteiger partial charge on any atom is -0.831 e. The lowest BCUT2D eigenvalue weighted by Crippen LogP contribution is -2.67. The molecule has 77 heavy (non-hydrogen) atoms. The van der Waals surface area contributed by atoms with Crippen LogP contribution in [0, 0.1) is 0 Å². The van der Waals surface area contributed by atoms with E-state index in [-0.39, 0.29) is 12.8 Å². The van der Waals surface area contributed by atoms with E-state index in [9.17, 15) is 102 Å². The van der Waals surface area contributed by atoms with E-state index < -0.39 is 248 Å². The Morgan fingerprint density at radius 1 is 0.325 bits per heavy atom. The highest BCUT2D eigenvalue weighted by Gasteiger charge is 2.57. The molecule has 0 aromatic heterocycles. The van der Waals surface area contributed by atoms with Crippen molar-refractivity contribution in [1.82, 2.24) is 0 Å². The average molecular weight is 1130 g/mol. The average Bonchev–Trinajstić information content (AvgIpc) is 3.42. The molecule has 7 fully saturated rings. The Kier molecular flexibility index (Phi) is 22.5. The molecule has 33 heteroatoms. The fourth-order valence-corrected chi connectivity index (χ4v) is 10.2. The van der Waals surface area contributed by atoms with Crippen molar-refractivity contribution in [3.63, 3.8) is 0 Å². The van der Waals surface area contributed by atoms with Crippen LogP contribution in [0.4, 0.5) is 0 Å². The summed E-state index contributed by atoms with van der Waals surface area (Å²) in [6.45, 7) is -1.18. The van der Waals surface area contributed by atoms with Crippen LogP contribution in [-0.2, 0) is 61.6 Å². The maximum absolute atomic E-state index is 12.9. The number of aliphatic hydroxyl groups excluding tert-OH is 19. The first kappa shape index (κ1) is 63.3. The van der Waals surface area contributed by atoms with Crippen LogP contribution in [0.1, 0.15) is 33.1 Å². The third-order valence-corrected chi connectivity index (χ3v) is 14.8. The van der Waals surface area contributed by atoms with Gasteiger partial charge < -0.3 is 164 Å². The van der Waals surface area contributed by atoms with Crippen molar-refractivity contribution in [3.05, 3.63) is 0 Å². The largest absolute Gasteiger partial charge is 0.831 e. The molecular formula is C44H75O33-. The second-order valence-corrected chi connectivity index (χ2v) is 19.9. The van der Waals surface area contributed by atoms with Crippen molar-refractivity contribution < 1.29 is 164 Å². The maximum Gasteiger partial charge on any atom is 0.187 e. The first-order chi connectivity index (χ1) is 36.5. The molecule has 7 aliphatic rings. The SMILES string of the molecule is CCC1O[C@@H](OC2[C@@H](CO)O[C@H](OC3[C@@H](O)[C@@H](OC4[C@@H](CO)O[C@H](O[C@H]5C[C@H]([O-])O[C@@H](COC6O[C@H](CO)[C@@H](OC7O[C@H](CO)[C@@H](O)[C@H](O)[C@H]7O)[C@H](O)[C@H]6O)[C@@H]5O)[C@H](O)[C@H]4O)O[C@H](CC)[C@H]3O)[C@H](O)[C@H]2O)[C@H](O)[C@@H](O)[C@@H]1O.